The Hall–Kier alpha value is -3.90. The van der Waals surface area contributed by atoms with Gasteiger partial charge in [-0.05, 0) is 37.6 Å². The Balaban J connectivity index is 1.74. The van der Waals surface area contributed by atoms with E-state index in [2.05, 4.69) is 29.9 Å². The molecule has 35 heavy (non-hydrogen) atoms. The maximum absolute atomic E-state index is 13.4. The number of hydrogen-bond donors (Lipinski definition) is 1. The number of nitrogens with one attached hydrogen (secondary N) is 1. The lowest BCUT2D eigenvalue weighted by atomic mass is 10.2. The maximum atomic E-state index is 13.4. The Labute approximate surface area is 203 Å². The number of benzene rings is 1. The van der Waals surface area contributed by atoms with E-state index in [1.54, 1.807) is 35.2 Å². The van der Waals surface area contributed by atoms with Crippen molar-refractivity contribution in [2.24, 2.45) is 0 Å². The Morgan fingerprint density at radius 1 is 0.971 bits per heavy atom. The minimum Gasteiger partial charge on any atom is -0.481 e. The minimum absolute atomic E-state index is 0.00217. The first-order valence-electron chi connectivity index (χ1n) is 10.7. The summed E-state index contributed by atoms with van der Waals surface area (Å²) in [4.78, 5) is 12.9. The lowest BCUT2D eigenvalue weighted by Gasteiger charge is -2.22. The van der Waals surface area contributed by atoms with Gasteiger partial charge in [-0.2, -0.15) is 0 Å². The summed E-state index contributed by atoms with van der Waals surface area (Å²) in [6, 6.07) is 14.3. The lowest BCUT2D eigenvalue weighted by molar-refractivity contribution is 0.0949. The Kier molecular flexibility index (Phi) is 7.03. The third-order valence-electron chi connectivity index (χ3n) is 5.30. The van der Waals surface area contributed by atoms with Gasteiger partial charge in [-0.1, -0.05) is 24.3 Å². The summed E-state index contributed by atoms with van der Waals surface area (Å²) in [7, 11) is -1.09. The van der Waals surface area contributed by atoms with Crippen molar-refractivity contribution in [3.8, 4) is 23.1 Å². The predicted molar refractivity (Wildman–Crippen MR) is 130 cm³/mol. The van der Waals surface area contributed by atoms with Crippen LogP contribution >= 0.6 is 0 Å². The van der Waals surface area contributed by atoms with Gasteiger partial charge in [-0.15, -0.1) is 10.2 Å². The summed E-state index contributed by atoms with van der Waals surface area (Å²) in [6.07, 6.45) is 2.32. The molecule has 0 spiro atoms. The van der Waals surface area contributed by atoms with Gasteiger partial charge in [0.25, 0.3) is 0 Å². The van der Waals surface area contributed by atoms with Crippen LogP contribution in [0.5, 0.6) is 5.88 Å². The number of methoxy groups -OCH3 is 2. The minimum atomic E-state index is -4.02. The number of hydrogen-bond acceptors (Lipinski definition) is 9. The van der Waals surface area contributed by atoms with Crippen molar-refractivity contribution in [3.63, 3.8) is 0 Å². The standard InChI is InChI=1S/C23H25N7O4S/c1-15-13-24-21(25-14-15)20(34-4)16(2)35(31,32)29-23-28-27-22(18-11-8-12-19(26-18)33-3)30(23)17-9-6-5-7-10-17/h5-14,16,20H,1-4H3,(H,28,29)/t16-,20-/m0/s1. The number of rotatable bonds is 9. The summed E-state index contributed by atoms with van der Waals surface area (Å²) in [5, 5.41) is 7.31. The van der Waals surface area contributed by atoms with Crippen molar-refractivity contribution in [3.05, 3.63) is 72.3 Å². The first kappa shape index (κ1) is 24.2. The highest BCUT2D eigenvalue weighted by Crippen LogP contribution is 2.28. The van der Waals surface area contributed by atoms with Gasteiger partial charge in [-0.3, -0.25) is 9.29 Å². The van der Waals surface area contributed by atoms with Gasteiger partial charge in [0, 0.05) is 25.6 Å². The fraction of sp³-hybridized carbons (Fsp3) is 0.261. The van der Waals surface area contributed by atoms with Crippen molar-refractivity contribution >= 4 is 16.0 Å². The van der Waals surface area contributed by atoms with E-state index >= 15 is 0 Å². The second-order valence-corrected chi connectivity index (χ2v) is 9.75. The number of pyridine rings is 1. The van der Waals surface area contributed by atoms with Crippen LogP contribution in [0.1, 0.15) is 24.4 Å². The summed E-state index contributed by atoms with van der Waals surface area (Å²) in [5.74, 6) is 0.997. The van der Waals surface area contributed by atoms with E-state index in [0.717, 1.165) is 5.56 Å². The number of nitrogens with zero attached hydrogens (tertiary/aromatic N) is 6. The van der Waals surface area contributed by atoms with E-state index in [-0.39, 0.29) is 11.8 Å². The highest BCUT2D eigenvalue weighted by molar-refractivity contribution is 7.93. The molecule has 4 aromatic rings. The molecule has 4 rings (SSSR count). The molecule has 0 aliphatic carbocycles. The van der Waals surface area contributed by atoms with Crippen molar-refractivity contribution in [1.82, 2.24) is 29.7 Å². The first-order valence-corrected chi connectivity index (χ1v) is 12.2. The molecular weight excluding hydrogens is 470 g/mol. The third kappa shape index (κ3) is 5.12. The van der Waals surface area contributed by atoms with Gasteiger partial charge in [0.2, 0.25) is 21.9 Å². The summed E-state index contributed by atoms with van der Waals surface area (Å²) in [6.45, 7) is 3.37. The van der Waals surface area contributed by atoms with Crippen LogP contribution in [-0.4, -0.2) is 57.6 Å². The Morgan fingerprint density at radius 3 is 2.34 bits per heavy atom. The molecule has 0 bridgehead atoms. The van der Waals surface area contributed by atoms with Crippen molar-refractivity contribution in [1.29, 1.82) is 0 Å². The summed E-state index contributed by atoms with van der Waals surface area (Å²) < 4.78 is 41.6. The zero-order valence-electron chi connectivity index (χ0n) is 19.7. The molecule has 11 nitrogen and oxygen atoms in total. The highest BCUT2D eigenvalue weighted by atomic mass is 32.2. The van der Waals surface area contributed by atoms with Crippen LogP contribution in [-0.2, 0) is 14.8 Å². The van der Waals surface area contributed by atoms with E-state index < -0.39 is 21.4 Å². The molecule has 0 amide bonds. The topological polar surface area (TPSA) is 134 Å². The molecular formula is C23H25N7O4S. The fourth-order valence-corrected chi connectivity index (χ4v) is 4.56. The van der Waals surface area contributed by atoms with Crippen LogP contribution in [0.2, 0.25) is 0 Å². The fourth-order valence-electron chi connectivity index (χ4n) is 3.43. The molecule has 0 saturated carbocycles. The van der Waals surface area contributed by atoms with Crippen LogP contribution in [0.4, 0.5) is 5.95 Å². The van der Waals surface area contributed by atoms with Crippen LogP contribution in [0, 0.1) is 6.92 Å². The molecule has 3 aromatic heterocycles. The molecule has 0 fully saturated rings. The highest BCUT2D eigenvalue weighted by Gasteiger charge is 2.34. The van der Waals surface area contributed by atoms with Gasteiger partial charge >= 0.3 is 0 Å². The monoisotopic (exact) mass is 495 g/mol. The predicted octanol–water partition coefficient (Wildman–Crippen LogP) is 2.95. The number of ether oxygens (including phenoxy) is 2. The molecule has 0 radical (unpaired) electrons. The van der Waals surface area contributed by atoms with E-state index in [1.165, 1.54) is 21.1 Å². The van der Waals surface area contributed by atoms with Crippen LogP contribution < -0.4 is 9.46 Å². The zero-order chi connectivity index (χ0) is 25.0. The molecule has 0 aliphatic heterocycles. The van der Waals surface area contributed by atoms with Gasteiger partial charge in [-0.25, -0.2) is 23.4 Å². The Morgan fingerprint density at radius 2 is 1.69 bits per heavy atom. The molecule has 12 heteroatoms. The molecule has 0 unspecified atom stereocenters. The van der Waals surface area contributed by atoms with Crippen molar-refractivity contribution in [2.45, 2.75) is 25.2 Å². The van der Waals surface area contributed by atoms with Crippen LogP contribution in [0.15, 0.2) is 60.9 Å². The van der Waals surface area contributed by atoms with Gasteiger partial charge in [0.1, 0.15) is 17.0 Å². The summed E-state index contributed by atoms with van der Waals surface area (Å²) in [5.41, 5.74) is 1.96. The van der Waals surface area contributed by atoms with Crippen molar-refractivity contribution < 1.29 is 17.9 Å². The molecule has 2 atom stereocenters. The third-order valence-corrected chi connectivity index (χ3v) is 6.99. The van der Waals surface area contributed by atoms with Crippen LogP contribution in [0.25, 0.3) is 17.2 Å². The second-order valence-electron chi connectivity index (χ2n) is 7.71. The molecule has 1 aromatic carbocycles. The number of aryl methyl sites for hydroxylation is 1. The quantitative estimate of drug-likeness (QED) is 0.372. The number of para-hydroxylation sites is 1. The largest absolute Gasteiger partial charge is 0.481 e. The van der Waals surface area contributed by atoms with E-state index in [4.69, 9.17) is 9.47 Å². The SMILES string of the molecule is COc1cccc(-c2nnc(NS(=O)(=O)[C@@H](C)[C@H](OC)c3ncc(C)cn3)n2-c2ccccc2)n1. The maximum Gasteiger partial charge on any atom is 0.243 e. The molecule has 1 N–H and O–H groups in total. The normalized spacial score (nSPS) is 13.3. The number of anilines is 1. The van der Waals surface area contributed by atoms with Crippen LogP contribution in [0.3, 0.4) is 0 Å². The number of aromatic nitrogens is 6. The van der Waals surface area contributed by atoms with Gasteiger partial charge < -0.3 is 9.47 Å². The molecule has 182 valence electrons. The lowest BCUT2D eigenvalue weighted by Crippen LogP contribution is -2.33. The van der Waals surface area contributed by atoms with E-state index in [9.17, 15) is 8.42 Å². The van der Waals surface area contributed by atoms with Gasteiger partial charge in [0.05, 0.1) is 12.8 Å². The number of sulfonamides is 1. The van der Waals surface area contributed by atoms with E-state index in [0.29, 0.717) is 23.1 Å². The first-order chi connectivity index (χ1) is 16.8. The van der Waals surface area contributed by atoms with E-state index in [1.807, 2.05) is 37.3 Å². The zero-order valence-corrected chi connectivity index (χ0v) is 20.5. The van der Waals surface area contributed by atoms with Crippen molar-refractivity contribution in [2.75, 3.05) is 18.9 Å². The summed E-state index contributed by atoms with van der Waals surface area (Å²) >= 11 is 0. The van der Waals surface area contributed by atoms with Gasteiger partial charge in [0.15, 0.2) is 11.6 Å². The molecule has 3 heterocycles. The second kappa shape index (κ2) is 10.2. The average Bonchev–Trinajstić information content (AvgIpc) is 3.29. The Bertz CT molecular complexity index is 1390. The molecule has 0 aliphatic rings. The smallest absolute Gasteiger partial charge is 0.243 e. The molecule has 0 saturated heterocycles. The average molecular weight is 496 g/mol.